The van der Waals surface area contributed by atoms with Crippen LogP contribution in [0.5, 0.6) is 11.5 Å². The van der Waals surface area contributed by atoms with Gasteiger partial charge >= 0.3 is 11.8 Å². The summed E-state index contributed by atoms with van der Waals surface area (Å²) < 4.78 is 22.4. The number of rotatable bonds is 26. The molecule has 0 aliphatic carbocycles. The van der Waals surface area contributed by atoms with Crippen LogP contribution < -0.4 is 65.1 Å². The normalized spacial score (nSPS) is 11.4. The number of halogens is 2. The Morgan fingerprint density at radius 3 is 1.28 bits per heavy atom. The molecule has 0 bridgehead atoms. The lowest BCUT2D eigenvalue weighted by atomic mass is 10.1. The van der Waals surface area contributed by atoms with Crippen LogP contribution in [0.3, 0.4) is 0 Å². The molecule has 0 saturated carbocycles. The van der Waals surface area contributed by atoms with Crippen molar-refractivity contribution >= 4 is 82.0 Å². The lowest BCUT2D eigenvalue weighted by Crippen LogP contribution is -2.42. The van der Waals surface area contributed by atoms with Gasteiger partial charge in [-0.05, 0) is 73.9 Å². The Labute approximate surface area is 401 Å². The number of unbranched alkanes of at least 4 members (excludes halogenated alkanes) is 2. The smallest absolute Gasteiger partial charge is 0.309 e. The summed E-state index contributed by atoms with van der Waals surface area (Å²) >= 11 is 11.6. The first-order valence-corrected chi connectivity index (χ1v) is 22.0. The number of carbonyl (C=O) groups excluding carboxylic acids is 4. The third-order valence-corrected chi connectivity index (χ3v) is 9.70. The number of anilines is 4. The number of nitrogen functional groups attached to an aromatic ring is 4. The summed E-state index contributed by atoms with van der Waals surface area (Å²) in [5.74, 6) is -2.28. The molecule has 2 aromatic heterocycles. The highest BCUT2D eigenvalue weighted by atomic mass is 35.5. The van der Waals surface area contributed by atoms with E-state index in [4.69, 9.17) is 76.6 Å². The quantitative estimate of drug-likeness (QED) is 0.0180. The van der Waals surface area contributed by atoms with Crippen molar-refractivity contribution in [3.8, 4) is 11.5 Å². The lowest BCUT2D eigenvalue weighted by molar-refractivity contribution is -0.139. The van der Waals surface area contributed by atoms with Gasteiger partial charge in [0, 0.05) is 26.2 Å². The first-order chi connectivity index (χ1) is 32.7. The minimum absolute atomic E-state index is 0.0841. The van der Waals surface area contributed by atoms with Crippen molar-refractivity contribution in [2.75, 3.05) is 88.8 Å². The number of hydrogen-bond donors (Lipinski definition) is 10. The molecule has 4 rings (SSSR count). The SMILES string of the molecule is NC(=NCCCCc1ccc(OCCOCCNC(=O)C(=O)NCCOCCOc2ccc(CCCCN=C(N)NC(=O)c3nc(Cl)c(N)nc3N)cc2)cc1)NC(=O)c1nc(Cl)c(N)nc1N. The molecule has 2 aromatic carbocycles. The van der Waals surface area contributed by atoms with E-state index in [1.807, 2.05) is 48.5 Å². The van der Waals surface area contributed by atoms with E-state index in [1.54, 1.807) is 0 Å². The molecule has 4 aromatic rings. The molecule has 0 fully saturated rings. The van der Waals surface area contributed by atoms with Crippen molar-refractivity contribution < 1.29 is 38.1 Å². The maximum absolute atomic E-state index is 12.3. The second-order valence-electron chi connectivity index (χ2n) is 14.3. The van der Waals surface area contributed by atoms with Crippen LogP contribution in [0.15, 0.2) is 58.5 Å². The van der Waals surface area contributed by atoms with Gasteiger partial charge in [-0.3, -0.25) is 39.8 Å². The number of aromatic nitrogens is 4. The Hall–Kier alpha value is -7.28. The molecule has 0 saturated heterocycles. The number of carbonyl (C=O) groups is 4. The Morgan fingerprint density at radius 1 is 0.515 bits per heavy atom. The molecule has 4 amide bonds. The monoisotopic (exact) mass is 982 g/mol. The van der Waals surface area contributed by atoms with Crippen LogP contribution in [-0.4, -0.2) is 121 Å². The van der Waals surface area contributed by atoms with Crippen molar-refractivity contribution in [2.45, 2.75) is 38.5 Å². The van der Waals surface area contributed by atoms with Crippen LogP contribution in [0.2, 0.25) is 10.3 Å². The number of amides is 4. The number of nitrogens with zero attached hydrogens (tertiary/aromatic N) is 6. The number of nitrogens with two attached hydrogens (primary N) is 6. The van der Waals surface area contributed by atoms with Gasteiger partial charge in [-0.2, -0.15) is 0 Å². The third-order valence-electron chi connectivity index (χ3n) is 9.14. The van der Waals surface area contributed by atoms with Crippen molar-refractivity contribution in [1.82, 2.24) is 41.2 Å². The summed E-state index contributed by atoms with van der Waals surface area (Å²) in [5.41, 5.74) is 35.9. The second-order valence-corrected chi connectivity index (χ2v) is 15.1. The number of aliphatic imine (C=N–C) groups is 2. The van der Waals surface area contributed by atoms with E-state index in [9.17, 15) is 19.2 Å². The first kappa shape index (κ1) is 53.3. The minimum atomic E-state index is -0.774. The third kappa shape index (κ3) is 19.3. The van der Waals surface area contributed by atoms with Gasteiger partial charge in [-0.25, -0.2) is 19.9 Å². The number of ether oxygens (including phenoxy) is 4. The average molecular weight is 984 g/mol. The lowest BCUT2D eigenvalue weighted by Gasteiger charge is -2.10. The van der Waals surface area contributed by atoms with Gasteiger partial charge in [0.1, 0.15) is 24.7 Å². The zero-order chi connectivity index (χ0) is 49.3. The molecular weight excluding hydrogens is 927 g/mol. The molecular formula is C42H56Cl2N16O8. The average Bonchev–Trinajstić information content (AvgIpc) is 3.31. The number of aryl methyl sites for hydroxylation is 2. The largest absolute Gasteiger partial charge is 0.491 e. The Kier molecular flexibility index (Phi) is 22.5. The van der Waals surface area contributed by atoms with E-state index in [0.29, 0.717) is 37.8 Å². The van der Waals surface area contributed by atoms with E-state index >= 15 is 0 Å². The number of benzene rings is 2. The van der Waals surface area contributed by atoms with Gasteiger partial charge < -0.3 is 64.0 Å². The van der Waals surface area contributed by atoms with Gasteiger partial charge in [0.05, 0.1) is 26.4 Å². The van der Waals surface area contributed by atoms with E-state index in [-0.39, 0.29) is 96.4 Å². The maximum Gasteiger partial charge on any atom is 0.309 e. The molecule has 0 aliphatic rings. The van der Waals surface area contributed by atoms with Crippen LogP contribution >= 0.6 is 23.2 Å². The molecule has 0 radical (unpaired) electrons. The summed E-state index contributed by atoms with van der Waals surface area (Å²) in [6.45, 7) is 2.65. The maximum atomic E-state index is 12.3. The zero-order valence-corrected chi connectivity index (χ0v) is 38.6. The van der Waals surface area contributed by atoms with Gasteiger partial charge in [-0.15, -0.1) is 0 Å². The minimum Gasteiger partial charge on any atom is -0.491 e. The summed E-state index contributed by atoms with van der Waals surface area (Å²) in [5, 5.41) is 9.52. The number of guanidine groups is 2. The van der Waals surface area contributed by atoms with Gasteiger partial charge in [-0.1, -0.05) is 47.5 Å². The highest BCUT2D eigenvalue weighted by molar-refractivity contribution is 6.35. The highest BCUT2D eigenvalue weighted by Gasteiger charge is 2.18. The highest BCUT2D eigenvalue weighted by Crippen LogP contribution is 2.19. The Morgan fingerprint density at radius 2 is 0.897 bits per heavy atom. The molecule has 2 heterocycles. The van der Waals surface area contributed by atoms with E-state index in [2.05, 4.69) is 51.2 Å². The molecule has 0 spiro atoms. The van der Waals surface area contributed by atoms with E-state index in [0.717, 1.165) is 49.7 Å². The fourth-order valence-electron chi connectivity index (χ4n) is 5.71. The Bertz CT molecular complexity index is 2200. The van der Waals surface area contributed by atoms with Crippen LogP contribution in [0.25, 0.3) is 0 Å². The zero-order valence-electron chi connectivity index (χ0n) is 37.1. The van der Waals surface area contributed by atoms with Crippen molar-refractivity contribution in [3.05, 3.63) is 81.4 Å². The van der Waals surface area contributed by atoms with Crippen molar-refractivity contribution in [2.24, 2.45) is 21.5 Å². The van der Waals surface area contributed by atoms with Gasteiger partial charge in [0.15, 0.2) is 56.9 Å². The topological polar surface area (TPSA) is 386 Å². The fraction of sp³-hybridized carbons (Fsp3) is 0.381. The van der Waals surface area contributed by atoms with Crippen LogP contribution in [0, 0.1) is 0 Å². The predicted molar refractivity (Wildman–Crippen MR) is 257 cm³/mol. The van der Waals surface area contributed by atoms with Crippen LogP contribution in [0.4, 0.5) is 23.3 Å². The molecule has 24 nitrogen and oxygen atoms in total. The first-order valence-electron chi connectivity index (χ1n) is 21.2. The van der Waals surface area contributed by atoms with Crippen molar-refractivity contribution in [3.63, 3.8) is 0 Å². The van der Waals surface area contributed by atoms with E-state index < -0.39 is 23.6 Å². The Balaban J connectivity index is 0.934. The summed E-state index contributed by atoms with van der Waals surface area (Å²) in [4.78, 5) is 72.4. The second kappa shape index (κ2) is 28.7. The molecule has 16 N–H and O–H groups in total. The van der Waals surface area contributed by atoms with Gasteiger partial charge in [0.2, 0.25) is 0 Å². The fourth-order valence-corrected chi connectivity index (χ4v) is 5.96. The van der Waals surface area contributed by atoms with Crippen LogP contribution in [-0.2, 0) is 31.9 Å². The number of hydrogen-bond acceptors (Lipinski definition) is 18. The van der Waals surface area contributed by atoms with Gasteiger partial charge in [0.25, 0.3) is 11.8 Å². The summed E-state index contributed by atoms with van der Waals surface area (Å²) in [6, 6.07) is 15.3. The van der Waals surface area contributed by atoms with Crippen LogP contribution in [0.1, 0.15) is 57.8 Å². The summed E-state index contributed by atoms with van der Waals surface area (Å²) in [6.07, 6.45) is 4.73. The molecule has 26 heteroatoms. The molecule has 0 aliphatic heterocycles. The molecule has 366 valence electrons. The predicted octanol–water partition coefficient (Wildman–Crippen LogP) is 0.760. The summed E-state index contributed by atoms with van der Waals surface area (Å²) in [7, 11) is 0. The molecule has 0 atom stereocenters. The molecule has 68 heavy (non-hydrogen) atoms. The molecule has 0 unspecified atom stereocenters. The van der Waals surface area contributed by atoms with E-state index in [1.165, 1.54) is 0 Å². The number of nitrogens with one attached hydrogen (secondary N) is 4. The van der Waals surface area contributed by atoms with Crippen molar-refractivity contribution in [1.29, 1.82) is 0 Å². The standard InChI is InChI=1S/C42H56Cl2N16O8/c43-31-35(47)57-33(45)29(55-31)37(61)59-41(49)53-15-3-1-5-25-7-11-27(12-8-25)67-23-21-65-19-17-51-39(63)40(64)52-18-20-66-22-24-68-28-13-9-26(10-14-28)6-2-4-16-54-42(50)60-38(62)30-34(46)58-36(48)32(44)56-30/h7-14H,1-6,15-24H2,(H,51,63)(H,52,64)(H4,45,47,57)(H4,46,48,58)(H3,49,53,59,61)(H3,50,54,60,62).